The normalized spacial score (nSPS) is 15.3. The summed E-state index contributed by atoms with van der Waals surface area (Å²) in [5.74, 6) is 1.47. The van der Waals surface area contributed by atoms with Crippen LogP contribution in [0.3, 0.4) is 0 Å². The molecule has 0 radical (unpaired) electrons. The summed E-state index contributed by atoms with van der Waals surface area (Å²) in [6.07, 6.45) is 2.10. The van der Waals surface area contributed by atoms with Crippen molar-refractivity contribution in [2.75, 3.05) is 26.7 Å². The highest BCUT2D eigenvalue weighted by Crippen LogP contribution is 2.21. The number of nitrogens with zero attached hydrogens (tertiary/aromatic N) is 2. The van der Waals surface area contributed by atoms with E-state index < -0.39 is 0 Å². The number of piperidine rings is 1. The molecule has 4 rings (SSSR count). The van der Waals surface area contributed by atoms with Gasteiger partial charge in [0.2, 0.25) is 0 Å². The molecule has 178 valence electrons. The summed E-state index contributed by atoms with van der Waals surface area (Å²) in [5, 5.41) is 7.89. The molecule has 7 nitrogen and oxygen atoms in total. The summed E-state index contributed by atoms with van der Waals surface area (Å²) >= 11 is 0. The number of fused-ring (bicyclic) bond motifs is 1. The van der Waals surface area contributed by atoms with Crippen LogP contribution in [0, 0.1) is 5.92 Å². The number of aliphatic imine (C=N–C) groups is 1. The van der Waals surface area contributed by atoms with E-state index in [1.807, 2.05) is 36.4 Å². The first-order valence-electron chi connectivity index (χ1n) is 11.8. The van der Waals surface area contributed by atoms with E-state index in [-0.39, 0.29) is 12.0 Å². The van der Waals surface area contributed by atoms with Gasteiger partial charge in [0.25, 0.3) is 0 Å². The van der Waals surface area contributed by atoms with Crippen LogP contribution in [-0.4, -0.2) is 43.6 Å². The second kappa shape index (κ2) is 11.5. The first-order chi connectivity index (χ1) is 16.6. The molecule has 3 aromatic carbocycles. The van der Waals surface area contributed by atoms with Crippen LogP contribution in [0.4, 0.5) is 4.79 Å². The number of hydrogen-bond donors (Lipinski definition) is 3. The second-order valence-corrected chi connectivity index (χ2v) is 8.75. The minimum Gasteiger partial charge on any atom is -0.497 e. The molecule has 0 bridgehead atoms. The number of carbonyl (C=O) groups is 1. The third-order valence-electron chi connectivity index (χ3n) is 6.34. The molecule has 1 aliphatic heterocycles. The average molecular weight is 460 g/mol. The molecule has 0 atom stereocenters. The highest BCUT2D eigenvalue weighted by molar-refractivity contribution is 5.95. The lowest BCUT2D eigenvalue weighted by atomic mass is 9.96. The van der Waals surface area contributed by atoms with Gasteiger partial charge in [0.1, 0.15) is 5.75 Å². The lowest BCUT2D eigenvalue weighted by molar-refractivity contribution is 0.175. The van der Waals surface area contributed by atoms with Crippen LogP contribution in [0.2, 0.25) is 0 Å². The SMILES string of the molecule is COc1cccc(CN2CCC(CNC(=O)NC(N)=NCc3cccc4ccccc34)CC2)c1. The topological polar surface area (TPSA) is 92.0 Å². The fourth-order valence-corrected chi connectivity index (χ4v) is 4.42. The molecule has 0 aromatic heterocycles. The Morgan fingerprint density at radius 2 is 1.85 bits per heavy atom. The van der Waals surface area contributed by atoms with Gasteiger partial charge in [-0.15, -0.1) is 0 Å². The maximum Gasteiger partial charge on any atom is 0.321 e. The Bertz CT molecular complexity index is 1130. The molecule has 0 spiro atoms. The summed E-state index contributed by atoms with van der Waals surface area (Å²) in [4.78, 5) is 19.1. The number of urea groups is 1. The fraction of sp³-hybridized carbons (Fsp3) is 0.333. The number of rotatable bonds is 7. The van der Waals surface area contributed by atoms with Gasteiger partial charge in [-0.3, -0.25) is 10.2 Å². The van der Waals surface area contributed by atoms with Gasteiger partial charge in [-0.25, -0.2) is 9.79 Å². The minimum atomic E-state index is -0.307. The van der Waals surface area contributed by atoms with E-state index in [0.717, 1.165) is 54.6 Å². The van der Waals surface area contributed by atoms with Crippen molar-refractivity contribution in [1.29, 1.82) is 0 Å². The highest BCUT2D eigenvalue weighted by Gasteiger charge is 2.20. The summed E-state index contributed by atoms with van der Waals surface area (Å²) in [7, 11) is 1.69. The van der Waals surface area contributed by atoms with Crippen molar-refractivity contribution in [2.45, 2.75) is 25.9 Å². The first-order valence-corrected chi connectivity index (χ1v) is 11.8. The number of guanidine groups is 1. The Kier molecular flexibility index (Phi) is 7.99. The summed E-state index contributed by atoms with van der Waals surface area (Å²) in [6, 6.07) is 22.2. The molecule has 3 aromatic rings. The predicted molar refractivity (Wildman–Crippen MR) is 137 cm³/mol. The number of methoxy groups -OCH3 is 1. The van der Waals surface area contributed by atoms with Gasteiger partial charge in [0.05, 0.1) is 13.7 Å². The molecule has 1 fully saturated rings. The van der Waals surface area contributed by atoms with Gasteiger partial charge in [-0.1, -0.05) is 54.6 Å². The van der Waals surface area contributed by atoms with Crippen LogP contribution in [0.1, 0.15) is 24.0 Å². The Hall–Kier alpha value is -3.58. The molecular weight excluding hydrogens is 426 g/mol. The molecule has 0 aliphatic carbocycles. The molecule has 1 aliphatic rings. The molecule has 1 heterocycles. The summed E-state index contributed by atoms with van der Waals surface area (Å²) in [5.41, 5.74) is 8.28. The number of amides is 2. The zero-order valence-corrected chi connectivity index (χ0v) is 19.7. The van der Waals surface area contributed by atoms with Crippen LogP contribution in [0.5, 0.6) is 5.75 Å². The van der Waals surface area contributed by atoms with Crippen molar-refractivity contribution in [1.82, 2.24) is 15.5 Å². The molecule has 34 heavy (non-hydrogen) atoms. The second-order valence-electron chi connectivity index (χ2n) is 8.75. The zero-order valence-electron chi connectivity index (χ0n) is 19.7. The van der Waals surface area contributed by atoms with E-state index in [9.17, 15) is 4.79 Å². The van der Waals surface area contributed by atoms with Crippen molar-refractivity contribution >= 4 is 22.8 Å². The molecule has 1 saturated heterocycles. The van der Waals surface area contributed by atoms with Crippen molar-refractivity contribution < 1.29 is 9.53 Å². The summed E-state index contributed by atoms with van der Waals surface area (Å²) < 4.78 is 5.32. The highest BCUT2D eigenvalue weighted by atomic mass is 16.5. The zero-order chi connectivity index (χ0) is 23.8. The number of likely N-dealkylation sites (tertiary alicyclic amines) is 1. The molecule has 7 heteroatoms. The Morgan fingerprint density at radius 1 is 1.09 bits per heavy atom. The predicted octanol–water partition coefficient (Wildman–Crippen LogP) is 3.87. The average Bonchev–Trinajstić information content (AvgIpc) is 2.87. The first kappa shape index (κ1) is 23.6. The van der Waals surface area contributed by atoms with E-state index in [1.165, 1.54) is 5.56 Å². The smallest absolute Gasteiger partial charge is 0.321 e. The Morgan fingerprint density at radius 3 is 2.68 bits per heavy atom. The Labute approximate surface area is 201 Å². The quantitative estimate of drug-likeness (QED) is 0.369. The van der Waals surface area contributed by atoms with E-state index in [1.54, 1.807) is 7.11 Å². The van der Waals surface area contributed by atoms with Gasteiger partial charge >= 0.3 is 6.03 Å². The monoisotopic (exact) mass is 459 g/mol. The van der Waals surface area contributed by atoms with E-state index in [0.29, 0.717) is 19.0 Å². The van der Waals surface area contributed by atoms with Crippen LogP contribution >= 0.6 is 0 Å². The maximum atomic E-state index is 12.3. The van der Waals surface area contributed by atoms with Crippen molar-refractivity contribution in [3.63, 3.8) is 0 Å². The fourth-order valence-electron chi connectivity index (χ4n) is 4.42. The van der Waals surface area contributed by atoms with Gasteiger partial charge in [-0.2, -0.15) is 0 Å². The van der Waals surface area contributed by atoms with E-state index in [2.05, 4.69) is 50.9 Å². The molecule has 0 unspecified atom stereocenters. The third-order valence-corrected chi connectivity index (χ3v) is 6.34. The standard InChI is InChI=1S/C27H33N5O2/c1-34-24-10-4-6-21(16-24)19-32-14-12-20(13-15-32)17-30-27(33)31-26(28)29-18-23-9-5-8-22-7-2-3-11-25(22)23/h2-11,16,20H,12-15,17-19H2,1H3,(H4,28,29,30,31,33). The number of ether oxygens (including phenoxy) is 1. The van der Waals surface area contributed by atoms with Crippen molar-refractivity contribution in [3.05, 3.63) is 77.9 Å². The lowest BCUT2D eigenvalue weighted by Gasteiger charge is -2.32. The number of benzene rings is 3. The van der Waals surface area contributed by atoms with Gasteiger partial charge in [-0.05, 0) is 65.9 Å². The van der Waals surface area contributed by atoms with Crippen LogP contribution < -0.4 is 21.1 Å². The Balaban J connectivity index is 1.18. The van der Waals surface area contributed by atoms with Crippen LogP contribution in [0.15, 0.2) is 71.7 Å². The van der Waals surface area contributed by atoms with Gasteiger partial charge in [0, 0.05) is 13.1 Å². The van der Waals surface area contributed by atoms with Gasteiger partial charge in [0.15, 0.2) is 5.96 Å². The van der Waals surface area contributed by atoms with Crippen molar-refractivity contribution in [2.24, 2.45) is 16.6 Å². The molecule has 0 saturated carbocycles. The number of hydrogen-bond acceptors (Lipinski definition) is 4. The largest absolute Gasteiger partial charge is 0.497 e. The van der Waals surface area contributed by atoms with E-state index in [4.69, 9.17) is 10.5 Å². The van der Waals surface area contributed by atoms with Crippen LogP contribution in [0.25, 0.3) is 10.8 Å². The van der Waals surface area contributed by atoms with Crippen LogP contribution in [-0.2, 0) is 13.1 Å². The summed E-state index contributed by atoms with van der Waals surface area (Å²) in [6.45, 7) is 4.00. The third kappa shape index (κ3) is 6.48. The van der Waals surface area contributed by atoms with E-state index >= 15 is 0 Å². The van der Waals surface area contributed by atoms with Gasteiger partial charge < -0.3 is 15.8 Å². The molecule has 2 amide bonds. The number of carbonyl (C=O) groups excluding carboxylic acids is 1. The number of nitrogens with two attached hydrogens (primary N) is 1. The number of nitrogens with one attached hydrogen (secondary N) is 2. The molecular formula is C27H33N5O2. The maximum absolute atomic E-state index is 12.3. The lowest BCUT2D eigenvalue weighted by Crippen LogP contribution is -2.46. The van der Waals surface area contributed by atoms with Crippen molar-refractivity contribution in [3.8, 4) is 5.75 Å². The minimum absolute atomic E-state index is 0.124. The molecule has 4 N–H and O–H groups in total.